The summed E-state index contributed by atoms with van der Waals surface area (Å²) in [6.07, 6.45) is 3.15. The predicted octanol–water partition coefficient (Wildman–Crippen LogP) is 3.22. The van der Waals surface area contributed by atoms with Crippen LogP contribution in [0.4, 0.5) is 14.7 Å². The van der Waals surface area contributed by atoms with Gasteiger partial charge in [-0.1, -0.05) is 13.8 Å². The minimum absolute atomic E-state index is 0.152. The molecule has 0 aliphatic heterocycles. The largest absolute Gasteiger partial charge is 0.355 e. The van der Waals surface area contributed by atoms with Gasteiger partial charge in [0.25, 0.3) is 0 Å². The molecule has 0 bridgehead atoms. The molecule has 1 heterocycles. The third-order valence-corrected chi connectivity index (χ3v) is 2.48. The van der Waals surface area contributed by atoms with E-state index in [0.29, 0.717) is 18.4 Å². The summed E-state index contributed by atoms with van der Waals surface area (Å²) >= 11 is 0. The smallest absolute Gasteiger partial charge is 0.207 e. The van der Waals surface area contributed by atoms with Crippen molar-refractivity contribution in [1.82, 2.24) is 9.55 Å². The van der Waals surface area contributed by atoms with E-state index in [2.05, 4.69) is 24.1 Å². The molecule has 0 fully saturated rings. The van der Waals surface area contributed by atoms with Gasteiger partial charge < -0.3 is 5.32 Å². The first-order chi connectivity index (χ1) is 8.58. The normalized spacial score (nSPS) is 10.9. The Bertz CT molecular complexity index is 535. The summed E-state index contributed by atoms with van der Waals surface area (Å²) in [6.45, 7) is 4.83. The second-order valence-corrected chi connectivity index (χ2v) is 4.49. The number of benzene rings is 1. The Morgan fingerprint density at radius 3 is 2.83 bits per heavy atom. The molecule has 0 aliphatic rings. The van der Waals surface area contributed by atoms with E-state index in [-0.39, 0.29) is 5.69 Å². The second kappa shape index (κ2) is 5.16. The van der Waals surface area contributed by atoms with Crippen LogP contribution in [0.2, 0.25) is 0 Å². The fraction of sp³-hybridized carbons (Fsp3) is 0.308. The first kappa shape index (κ1) is 12.5. The topological polar surface area (TPSA) is 29.9 Å². The standard InChI is InChI=1S/C13H15F2N3/c1-9(2)8-17-13-16-5-6-18(13)12-7-10(14)3-4-11(12)15/h3-7,9H,8H2,1-2H3,(H,16,17). The average molecular weight is 251 g/mol. The highest BCUT2D eigenvalue weighted by atomic mass is 19.1. The molecule has 3 nitrogen and oxygen atoms in total. The number of imidazole rings is 1. The van der Waals surface area contributed by atoms with Crippen molar-refractivity contribution in [2.24, 2.45) is 5.92 Å². The monoisotopic (exact) mass is 251 g/mol. The van der Waals surface area contributed by atoms with Gasteiger partial charge >= 0.3 is 0 Å². The molecular formula is C13H15F2N3. The summed E-state index contributed by atoms with van der Waals surface area (Å²) in [7, 11) is 0. The summed E-state index contributed by atoms with van der Waals surface area (Å²) in [5.41, 5.74) is 0.152. The molecule has 1 aromatic carbocycles. The van der Waals surface area contributed by atoms with E-state index in [1.54, 1.807) is 12.4 Å². The van der Waals surface area contributed by atoms with E-state index >= 15 is 0 Å². The number of rotatable bonds is 4. The highest BCUT2D eigenvalue weighted by molar-refractivity contribution is 5.42. The van der Waals surface area contributed by atoms with Crippen molar-refractivity contribution in [3.63, 3.8) is 0 Å². The summed E-state index contributed by atoms with van der Waals surface area (Å²) in [4.78, 5) is 4.10. The first-order valence-corrected chi connectivity index (χ1v) is 5.80. The van der Waals surface area contributed by atoms with E-state index in [4.69, 9.17) is 0 Å². The molecule has 0 amide bonds. The molecule has 0 saturated carbocycles. The van der Waals surface area contributed by atoms with Crippen LogP contribution in [-0.2, 0) is 0 Å². The van der Waals surface area contributed by atoms with Crippen LogP contribution < -0.4 is 5.32 Å². The molecule has 1 N–H and O–H groups in total. The maximum Gasteiger partial charge on any atom is 0.207 e. The Labute approximate surface area is 104 Å². The van der Waals surface area contributed by atoms with Crippen LogP contribution >= 0.6 is 0 Å². The van der Waals surface area contributed by atoms with Crippen LogP contribution in [0.15, 0.2) is 30.6 Å². The highest BCUT2D eigenvalue weighted by Crippen LogP contribution is 2.19. The van der Waals surface area contributed by atoms with Gasteiger partial charge in [-0.3, -0.25) is 4.57 Å². The lowest BCUT2D eigenvalue weighted by atomic mass is 10.2. The van der Waals surface area contributed by atoms with E-state index in [1.807, 2.05) is 0 Å². The molecule has 0 radical (unpaired) electrons. The van der Waals surface area contributed by atoms with Crippen molar-refractivity contribution in [2.75, 3.05) is 11.9 Å². The number of hydrogen-bond acceptors (Lipinski definition) is 2. The molecule has 0 unspecified atom stereocenters. The number of hydrogen-bond donors (Lipinski definition) is 1. The molecule has 5 heteroatoms. The van der Waals surface area contributed by atoms with Gasteiger partial charge in [0.05, 0.1) is 5.69 Å². The quantitative estimate of drug-likeness (QED) is 0.904. The Morgan fingerprint density at radius 1 is 1.33 bits per heavy atom. The molecule has 0 atom stereocenters. The Balaban J connectivity index is 2.33. The van der Waals surface area contributed by atoms with Crippen molar-refractivity contribution < 1.29 is 8.78 Å². The van der Waals surface area contributed by atoms with Crippen molar-refractivity contribution >= 4 is 5.95 Å². The number of halogens is 2. The van der Waals surface area contributed by atoms with Gasteiger partial charge in [-0.15, -0.1) is 0 Å². The van der Waals surface area contributed by atoms with Gasteiger partial charge in [0.2, 0.25) is 5.95 Å². The van der Waals surface area contributed by atoms with Crippen LogP contribution in [0, 0.1) is 17.6 Å². The van der Waals surface area contributed by atoms with Gasteiger partial charge in [0, 0.05) is 25.0 Å². The number of anilines is 1. The van der Waals surface area contributed by atoms with Gasteiger partial charge in [0.15, 0.2) is 0 Å². The zero-order valence-corrected chi connectivity index (χ0v) is 10.3. The Hall–Kier alpha value is -1.91. The van der Waals surface area contributed by atoms with Gasteiger partial charge in [-0.2, -0.15) is 0 Å². The van der Waals surface area contributed by atoms with Crippen LogP contribution in [0.5, 0.6) is 0 Å². The molecule has 96 valence electrons. The molecular weight excluding hydrogens is 236 g/mol. The molecule has 1 aromatic heterocycles. The van der Waals surface area contributed by atoms with E-state index in [0.717, 1.165) is 18.2 Å². The fourth-order valence-corrected chi connectivity index (χ4v) is 1.59. The summed E-state index contributed by atoms with van der Waals surface area (Å²) < 4.78 is 28.3. The SMILES string of the molecule is CC(C)CNc1nccn1-c1cc(F)ccc1F. The lowest BCUT2D eigenvalue weighted by molar-refractivity contribution is 0.592. The van der Waals surface area contributed by atoms with E-state index in [1.165, 1.54) is 4.57 Å². The number of nitrogens with zero attached hydrogens (tertiary/aromatic N) is 2. The van der Waals surface area contributed by atoms with Gasteiger partial charge in [-0.05, 0) is 18.1 Å². The number of aromatic nitrogens is 2. The predicted molar refractivity (Wildman–Crippen MR) is 66.8 cm³/mol. The molecule has 18 heavy (non-hydrogen) atoms. The molecule has 0 spiro atoms. The first-order valence-electron chi connectivity index (χ1n) is 5.80. The highest BCUT2D eigenvalue weighted by Gasteiger charge is 2.10. The van der Waals surface area contributed by atoms with Crippen LogP contribution in [-0.4, -0.2) is 16.1 Å². The van der Waals surface area contributed by atoms with Crippen molar-refractivity contribution in [3.05, 3.63) is 42.2 Å². The zero-order chi connectivity index (χ0) is 13.1. The van der Waals surface area contributed by atoms with Crippen molar-refractivity contribution in [1.29, 1.82) is 0 Å². The van der Waals surface area contributed by atoms with Crippen LogP contribution in [0.3, 0.4) is 0 Å². The maximum atomic E-state index is 13.7. The molecule has 0 aliphatic carbocycles. The fourth-order valence-electron chi connectivity index (χ4n) is 1.59. The lowest BCUT2D eigenvalue weighted by Gasteiger charge is -2.12. The van der Waals surface area contributed by atoms with E-state index in [9.17, 15) is 8.78 Å². The Kier molecular flexibility index (Phi) is 3.60. The molecule has 2 rings (SSSR count). The Morgan fingerprint density at radius 2 is 2.11 bits per heavy atom. The summed E-state index contributed by atoms with van der Waals surface area (Å²) in [5, 5.41) is 3.10. The lowest BCUT2D eigenvalue weighted by Crippen LogP contribution is -2.12. The summed E-state index contributed by atoms with van der Waals surface area (Å²) in [5.74, 6) is -0.0161. The number of nitrogens with one attached hydrogen (secondary N) is 1. The third-order valence-electron chi connectivity index (χ3n) is 2.48. The minimum Gasteiger partial charge on any atom is -0.355 e. The minimum atomic E-state index is -0.484. The maximum absolute atomic E-state index is 13.7. The van der Waals surface area contributed by atoms with Crippen LogP contribution in [0.1, 0.15) is 13.8 Å². The average Bonchev–Trinajstić information content (AvgIpc) is 2.77. The van der Waals surface area contributed by atoms with Gasteiger partial charge in [-0.25, -0.2) is 13.8 Å². The van der Waals surface area contributed by atoms with Crippen molar-refractivity contribution in [2.45, 2.75) is 13.8 Å². The zero-order valence-electron chi connectivity index (χ0n) is 10.3. The van der Waals surface area contributed by atoms with Crippen LogP contribution in [0.25, 0.3) is 5.69 Å². The second-order valence-electron chi connectivity index (χ2n) is 4.49. The third kappa shape index (κ3) is 2.67. The molecule has 2 aromatic rings. The van der Waals surface area contributed by atoms with E-state index < -0.39 is 11.6 Å². The van der Waals surface area contributed by atoms with Crippen molar-refractivity contribution in [3.8, 4) is 5.69 Å². The van der Waals surface area contributed by atoms with Gasteiger partial charge in [0.1, 0.15) is 11.6 Å². The molecule has 0 saturated heterocycles. The summed E-state index contributed by atoms with van der Waals surface area (Å²) in [6, 6.07) is 3.35.